The van der Waals surface area contributed by atoms with E-state index in [2.05, 4.69) is 36.9 Å². The lowest BCUT2D eigenvalue weighted by Crippen LogP contribution is -2.46. The molecule has 0 N–H and O–H groups in total. The molecule has 1 aliphatic heterocycles. The number of fused-ring (bicyclic) bond motifs is 1. The maximum Gasteiger partial charge on any atom is 0.261 e. The average Bonchev–Trinajstić information content (AvgIpc) is 3.28. The van der Waals surface area contributed by atoms with Gasteiger partial charge in [0.25, 0.3) is 5.56 Å². The van der Waals surface area contributed by atoms with Crippen LogP contribution in [0.1, 0.15) is 37.5 Å². The number of anilines is 2. The molecule has 0 amide bonds. The second-order valence-electron chi connectivity index (χ2n) is 8.03. The summed E-state index contributed by atoms with van der Waals surface area (Å²) in [6.45, 7) is 5.56. The molecule has 1 saturated carbocycles. The first-order chi connectivity index (χ1) is 14.2. The van der Waals surface area contributed by atoms with Gasteiger partial charge in [0.2, 0.25) is 0 Å². The van der Waals surface area contributed by atoms with Crippen LogP contribution in [0.2, 0.25) is 0 Å². The summed E-state index contributed by atoms with van der Waals surface area (Å²) in [7, 11) is 0. The first kappa shape index (κ1) is 18.1. The summed E-state index contributed by atoms with van der Waals surface area (Å²) in [5.41, 5.74) is 2.01. The Morgan fingerprint density at radius 3 is 2.48 bits per heavy atom. The number of hydrogen-bond acceptors (Lipinski definition) is 6. The molecule has 2 fully saturated rings. The molecule has 150 valence electrons. The first-order valence-corrected chi connectivity index (χ1v) is 10.5. The van der Waals surface area contributed by atoms with Crippen LogP contribution in [0.25, 0.3) is 10.9 Å². The summed E-state index contributed by atoms with van der Waals surface area (Å²) >= 11 is 0. The second-order valence-corrected chi connectivity index (χ2v) is 8.03. The Hall–Kier alpha value is -2.96. The normalized spacial score (nSPS) is 18.0. The Bertz CT molecular complexity index is 1080. The fraction of sp³-hybridized carbons (Fsp3) is 0.455. The molecule has 0 spiro atoms. The van der Waals surface area contributed by atoms with Crippen LogP contribution in [-0.2, 0) is 0 Å². The van der Waals surface area contributed by atoms with Crippen molar-refractivity contribution in [3.63, 3.8) is 0 Å². The number of hydrogen-bond donors (Lipinski definition) is 0. The van der Waals surface area contributed by atoms with Crippen molar-refractivity contribution >= 4 is 22.4 Å². The largest absolute Gasteiger partial charge is 0.368 e. The highest BCUT2D eigenvalue weighted by Crippen LogP contribution is 2.29. The predicted molar refractivity (Wildman–Crippen MR) is 115 cm³/mol. The molecule has 1 aliphatic carbocycles. The zero-order valence-corrected chi connectivity index (χ0v) is 16.8. The lowest BCUT2D eigenvalue weighted by atomic mass is 10.1. The van der Waals surface area contributed by atoms with E-state index in [0.717, 1.165) is 67.3 Å². The number of aromatic nitrogens is 4. The molecule has 2 aliphatic rings. The SMILES string of the molecule is Cc1nccc(N2CCN(c3ccc4c(=O)n(C5CCCC5)cnc4c3)CC2)n1. The van der Waals surface area contributed by atoms with Crippen LogP contribution in [0, 0.1) is 6.92 Å². The van der Waals surface area contributed by atoms with Crippen molar-refractivity contribution in [1.29, 1.82) is 0 Å². The van der Waals surface area contributed by atoms with Gasteiger partial charge in [-0.2, -0.15) is 0 Å². The number of nitrogens with zero attached hydrogens (tertiary/aromatic N) is 6. The van der Waals surface area contributed by atoms with Crippen molar-refractivity contribution in [2.45, 2.75) is 38.6 Å². The minimum absolute atomic E-state index is 0.0948. The van der Waals surface area contributed by atoms with Gasteiger partial charge in [-0.25, -0.2) is 15.0 Å². The van der Waals surface area contributed by atoms with Gasteiger partial charge in [0.1, 0.15) is 11.6 Å². The molecular formula is C22H26N6O. The minimum Gasteiger partial charge on any atom is -0.368 e. The molecule has 29 heavy (non-hydrogen) atoms. The maximum absolute atomic E-state index is 12.9. The smallest absolute Gasteiger partial charge is 0.261 e. The van der Waals surface area contributed by atoms with E-state index < -0.39 is 0 Å². The average molecular weight is 390 g/mol. The van der Waals surface area contributed by atoms with Crippen LogP contribution >= 0.6 is 0 Å². The third kappa shape index (κ3) is 3.45. The molecule has 3 heterocycles. The van der Waals surface area contributed by atoms with E-state index in [9.17, 15) is 4.79 Å². The fourth-order valence-electron chi connectivity index (χ4n) is 4.58. The molecule has 7 heteroatoms. The standard InChI is InChI=1S/C22H26N6O/c1-16-23-9-8-21(25-16)27-12-10-26(11-13-27)18-6-7-19-20(14-18)24-15-28(22(19)29)17-4-2-3-5-17/h6-9,14-15,17H,2-5,10-13H2,1H3. The fourth-order valence-corrected chi connectivity index (χ4v) is 4.58. The van der Waals surface area contributed by atoms with Gasteiger partial charge in [0.15, 0.2) is 0 Å². The Morgan fingerprint density at radius 2 is 1.72 bits per heavy atom. The van der Waals surface area contributed by atoms with E-state index in [1.54, 1.807) is 6.33 Å². The summed E-state index contributed by atoms with van der Waals surface area (Å²) in [6, 6.07) is 8.36. The van der Waals surface area contributed by atoms with E-state index in [1.165, 1.54) is 12.8 Å². The van der Waals surface area contributed by atoms with Gasteiger partial charge in [-0.3, -0.25) is 9.36 Å². The lowest BCUT2D eigenvalue weighted by Gasteiger charge is -2.36. The van der Waals surface area contributed by atoms with Crippen LogP contribution in [0.4, 0.5) is 11.5 Å². The van der Waals surface area contributed by atoms with E-state index in [1.807, 2.05) is 29.8 Å². The van der Waals surface area contributed by atoms with Crippen LogP contribution in [0.5, 0.6) is 0 Å². The van der Waals surface area contributed by atoms with Gasteiger partial charge in [0, 0.05) is 44.1 Å². The number of benzene rings is 1. The number of piperazine rings is 1. The lowest BCUT2D eigenvalue weighted by molar-refractivity contribution is 0.499. The van der Waals surface area contributed by atoms with Gasteiger partial charge in [-0.05, 0) is 44.0 Å². The van der Waals surface area contributed by atoms with Gasteiger partial charge < -0.3 is 9.80 Å². The zero-order chi connectivity index (χ0) is 19.8. The Kier molecular flexibility index (Phi) is 4.66. The first-order valence-electron chi connectivity index (χ1n) is 10.5. The molecule has 0 bridgehead atoms. The minimum atomic E-state index is 0.0948. The summed E-state index contributed by atoms with van der Waals surface area (Å²) in [6.07, 6.45) is 8.14. The predicted octanol–water partition coefficient (Wildman–Crippen LogP) is 2.94. The molecule has 1 saturated heterocycles. The molecular weight excluding hydrogens is 364 g/mol. The van der Waals surface area contributed by atoms with Gasteiger partial charge >= 0.3 is 0 Å². The summed E-state index contributed by atoms with van der Waals surface area (Å²) in [4.78, 5) is 30.9. The zero-order valence-electron chi connectivity index (χ0n) is 16.8. The van der Waals surface area contributed by atoms with Crippen molar-refractivity contribution in [1.82, 2.24) is 19.5 Å². The molecule has 0 radical (unpaired) electrons. The maximum atomic E-state index is 12.9. The summed E-state index contributed by atoms with van der Waals surface area (Å²) in [5, 5.41) is 0.721. The number of aryl methyl sites for hydroxylation is 1. The van der Waals surface area contributed by atoms with Crippen LogP contribution in [0.3, 0.4) is 0 Å². The van der Waals surface area contributed by atoms with Gasteiger partial charge in [0.05, 0.1) is 17.2 Å². The highest BCUT2D eigenvalue weighted by Gasteiger charge is 2.21. The molecule has 0 atom stereocenters. The second kappa shape index (κ2) is 7.46. The Balaban J connectivity index is 1.35. The van der Waals surface area contributed by atoms with E-state index in [-0.39, 0.29) is 5.56 Å². The van der Waals surface area contributed by atoms with Crippen LogP contribution in [-0.4, -0.2) is 45.7 Å². The van der Waals surface area contributed by atoms with Crippen molar-refractivity contribution in [2.24, 2.45) is 0 Å². The number of rotatable bonds is 3. The summed E-state index contributed by atoms with van der Waals surface area (Å²) < 4.78 is 1.84. The molecule has 0 unspecified atom stereocenters. The highest BCUT2D eigenvalue weighted by atomic mass is 16.1. The van der Waals surface area contributed by atoms with E-state index in [0.29, 0.717) is 6.04 Å². The van der Waals surface area contributed by atoms with E-state index >= 15 is 0 Å². The third-order valence-electron chi connectivity index (χ3n) is 6.22. The molecule has 5 rings (SSSR count). The summed E-state index contributed by atoms with van der Waals surface area (Å²) in [5.74, 6) is 1.79. The van der Waals surface area contributed by atoms with Crippen LogP contribution < -0.4 is 15.4 Å². The van der Waals surface area contributed by atoms with E-state index in [4.69, 9.17) is 0 Å². The molecule has 7 nitrogen and oxygen atoms in total. The van der Waals surface area contributed by atoms with Crippen molar-refractivity contribution in [3.8, 4) is 0 Å². The Labute approximate surface area is 170 Å². The van der Waals surface area contributed by atoms with Crippen molar-refractivity contribution < 1.29 is 0 Å². The molecule has 2 aromatic heterocycles. The molecule has 1 aromatic carbocycles. The van der Waals surface area contributed by atoms with Gasteiger partial charge in [-0.15, -0.1) is 0 Å². The van der Waals surface area contributed by atoms with Crippen molar-refractivity contribution in [2.75, 3.05) is 36.0 Å². The molecule has 3 aromatic rings. The van der Waals surface area contributed by atoms with Crippen LogP contribution in [0.15, 0.2) is 41.6 Å². The third-order valence-corrected chi connectivity index (χ3v) is 6.22. The quantitative estimate of drug-likeness (QED) is 0.685. The Morgan fingerprint density at radius 1 is 0.966 bits per heavy atom. The monoisotopic (exact) mass is 390 g/mol. The topological polar surface area (TPSA) is 67.2 Å². The van der Waals surface area contributed by atoms with Crippen molar-refractivity contribution in [3.05, 3.63) is 53.0 Å². The highest BCUT2D eigenvalue weighted by molar-refractivity contribution is 5.81. The van der Waals surface area contributed by atoms with Gasteiger partial charge in [-0.1, -0.05) is 12.8 Å².